The Balaban J connectivity index is 2.36. The minimum atomic E-state index is -0.994. The van der Waals surface area contributed by atoms with E-state index in [0.29, 0.717) is 6.42 Å². The van der Waals surface area contributed by atoms with Crippen molar-refractivity contribution in [2.75, 3.05) is 0 Å². The van der Waals surface area contributed by atoms with Crippen molar-refractivity contribution in [3.8, 4) is 0 Å². The Morgan fingerprint density at radius 1 is 1.67 bits per heavy atom. The highest BCUT2D eigenvalue weighted by Gasteiger charge is 2.10. The van der Waals surface area contributed by atoms with E-state index in [2.05, 4.69) is 0 Å². The van der Waals surface area contributed by atoms with Crippen LogP contribution in [0.15, 0.2) is 23.0 Å². The van der Waals surface area contributed by atoms with Crippen molar-refractivity contribution in [1.82, 2.24) is 0 Å². The van der Waals surface area contributed by atoms with E-state index in [1.54, 1.807) is 6.07 Å². The van der Waals surface area contributed by atoms with Crippen LogP contribution < -0.4 is 0 Å². The Morgan fingerprint density at radius 3 is 2.92 bits per heavy atom. The lowest BCUT2D eigenvalue weighted by molar-refractivity contribution is -0.139. The average molecular weight is 170 g/mol. The third kappa shape index (κ3) is 2.75. The molecule has 0 aliphatic carbocycles. The number of rotatable bonds is 4. The second kappa shape index (κ2) is 3.92. The van der Waals surface area contributed by atoms with E-state index in [1.807, 2.05) is 0 Å². The van der Waals surface area contributed by atoms with Gasteiger partial charge in [-0.1, -0.05) is 0 Å². The number of carboxylic acid groups (broad SMARTS) is 1. The van der Waals surface area contributed by atoms with Crippen molar-refractivity contribution < 1.29 is 19.4 Å². The first kappa shape index (κ1) is 8.80. The highest BCUT2D eigenvalue weighted by atomic mass is 16.4. The minimum Gasteiger partial charge on any atom is -0.481 e. The van der Waals surface area contributed by atoms with Gasteiger partial charge in [0.2, 0.25) is 0 Å². The summed E-state index contributed by atoms with van der Waals surface area (Å²) in [5.41, 5.74) is 0.809. The van der Waals surface area contributed by atoms with Crippen LogP contribution in [-0.2, 0) is 11.2 Å². The molecule has 0 aromatic carbocycles. The summed E-state index contributed by atoms with van der Waals surface area (Å²) in [6.45, 7) is 0. The van der Waals surface area contributed by atoms with Gasteiger partial charge in [-0.3, -0.25) is 4.79 Å². The molecular formula is C8H10O4. The van der Waals surface area contributed by atoms with Gasteiger partial charge in [0.05, 0.1) is 25.1 Å². The molecule has 2 N–H and O–H groups in total. The fourth-order valence-electron chi connectivity index (χ4n) is 0.955. The molecule has 12 heavy (non-hydrogen) atoms. The molecule has 1 aromatic heterocycles. The molecule has 0 saturated carbocycles. The predicted molar refractivity (Wildman–Crippen MR) is 40.7 cm³/mol. The number of aliphatic hydroxyl groups is 1. The molecule has 1 aromatic rings. The number of aliphatic carboxylic acids is 1. The molecule has 0 radical (unpaired) electrons. The Hall–Kier alpha value is -1.29. The zero-order valence-corrected chi connectivity index (χ0v) is 6.43. The van der Waals surface area contributed by atoms with Crippen LogP contribution in [0.3, 0.4) is 0 Å². The van der Waals surface area contributed by atoms with E-state index in [0.717, 1.165) is 5.56 Å². The summed E-state index contributed by atoms with van der Waals surface area (Å²) in [6, 6.07) is 1.70. The molecule has 4 nitrogen and oxygen atoms in total. The molecule has 0 bridgehead atoms. The summed E-state index contributed by atoms with van der Waals surface area (Å²) < 4.78 is 4.76. The summed E-state index contributed by atoms with van der Waals surface area (Å²) in [6.07, 6.45) is 2.24. The fraction of sp³-hybridized carbons (Fsp3) is 0.375. The van der Waals surface area contributed by atoms with Crippen LogP contribution in [0.25, 0.3) is 0 Å². The summed E-state index contributed by atoms with van der Waals surface area (Å²) in [7, 11) is 0. The summed E-state index contributed by atoms with van der Waals surface area (Å²) in [5, 5.41) is 17.5. The van der Waals surface area contributed by atoms with Crippen LogP contribution >= 0.6 is 0 Å². The number of furan rings is 1. The van der Waals surface area contributed by atoms with E-state index in [1.165, 1.54) is 12.5 Å². The minimum absolute atomic E-state index is 0.231. The largest absolute Gasteiger partial charge is 0.481 e. The van der Waals surface area contributed by atoms with Gasteiger partial charge in [0.15, 0.2) is 0 Å². The normalized spacial score (nSPS) is 12.8. The van der Waals surface area contributed by atoms with Crippen molar-refractivity contribution in [2.24, 2.45) is 0 Å². The van der Waals surface area contributed by atoms with Gasteiger partial charge >= 0.3 is 5.97 Å². The fourth-order valence-corrected chi connectivity index (χ4v) is 0.955. The van der Waals surface area contributed by atoms with Gasteiger partial charge in [-0.25, -0.2) is 0 Å². The summed E-state index contributed by atoms with van der Waals surface area (Å²) in [5.74, 6) is -0.994. The van der Waals surface area contributed by atoms with Gasteiger partial charge in [0.25, 0.3) is 0 Å². The van der Waals surface area contributed by atoms with Gasteiger partial charge in [-0.2, -0.15) is 0 Å². The van der Waals surface area contributed by atoms with Crippen LogP contribution in [0.5, 0.6) is 0 Å². The van der Waals surface area contributed by atoms with Crippen molar-refractivity contribution in [1.29, 1.82) is 0 Å². The highest BCUT2D eigenvalue weighted by molar-refractivity contribution is 5.67. The van der Waals surface area contributed by atoms with Crippen molar-refractivity contribution >= 4 is 5.97 Å². The zero-order chi connectivity index (χ0) is 8.97. The maximum atomic E-state index is 10.2. The van der Waals surface area contributed by atoms with Gasteiger partial charge in [-0.15, -0.1) is 0 Å². The van der Waals surface area contributed by atoms with Crippen molar-refractivity contribution in [3.05, 3.63) is 24.2 Å². The summed E-state index contributed by atoms with van der Waals surface area (Å²) in [4.78, 5) is 10.2. The van der Waals surface area contributed by atoms with Crippen LogP contribution in [0.1, 0.15) is 12.0 Å². The maximum Gasteiger partial charge on any atom is 0.305 e. The van der Waals surface area contributed by atoms with Crippen LogP contribution in [0.2, 0.25) is 0 Å². The molecule has 0 saturated heterocycles. The Morgan fingerprint density at radius 2 is 2.42 bits per heavy atom. The SMILES string of the molecule is O=C(O)C[C@@H](O)Cc1ccoc1. The standard InChI is InChI=1S/C8H10O4/c9-7(4-8(10)11)3-6-1-2-12-5-6/h1-2,5,7,9H,3-4H2,(H,10,11)/t7-/m0/s1. The smallest absolute Gasteiger partial charge is 0.305 e. The molecule has 66 valence electrons. The molecule has 1 atom stereocenters. The molecule has 0 fully saturated rings. The topological polar surface area (TPSA) is 70.7 Å². The average Bonchev–Trinajstić information content (AvgIpc) is 2.37. The molecule has 0 unspecified atom stereocenters. The predicted octanol–water partition coefficient (Wildman–Crippen LogP) is 0.658. The molecule has 0 spiro atoms. The highest BCUT2D eigenvalue weighted by Crippen LogP contribution is 2.06. The number of aliphatic hydroxyl groups excluding tert-OH is 1. The number of hydrogen-bond donors (Lipinski definition) is 2. The monoisotopic (exact) mass is 170 g/mol. The molecule has 1 heterocycles. The van der Waals surface area contributed by atoms with Crippen molar-refractivity contribution in [2.45, 2.75) is 18.9 Å². The number of carboxylic acids is 1. The van der Waals surface area contributed by atoms with Crippen LogP contribution in [0, 0.1) is 0 Å². The first-order valence-electron chi connectivity index (χ1n) is 3.59. The second-order valence-electron chi connectivity index (χ2n) is 2.59. The van der Waals surface area contributed by atoms with Crippen LogP contribution in [0.4, 0.5) is 0 Å². The lowest BCUT2D eigenvalue weighted by Crippen LogP contribution is -2.15. The molecule has 1 rings (SSSR count). The molecule has 0 aliphatic rings. The van der Waals surface area contributed by atoms with Gasteiger partial charge < -0.3 is 14.6 Å². The molecule has 0 amide bonds. The third-order valence-corrected chi connectivity index (χ3v) is 1.46. The summed E-state index contributed by atoms with van der Waals surface area (Å²) >= 11 is 0. The van der Waals surface area contributed by atoms with Gasteiger partial charge in [0, 0.05) is 6.42 Å². The van der Waals surface area contributed by atoms with E-state index < -0.39 is 12.1 Å². The second-order valence-corrected chi connectivity index (χ2v) is 2.59. The number of hydrogen-bond acceptors (Lipinski definition) is 3. The quantitative estimate of drug-likeness (QED) is 0.696. The molecule has 4 heteroatoms. The maximum absolute atomic E-state index is 10.2. The first-order valence-corrected chi connectivity index (χ1v) is 3.59. The first-order chi connectivity index (χ1) is 5.68. The van der Waals surface area contributed by atoms with E-state index in [-0.39, 0.29) is 6.42 Å². The zero-order valence-electron chi connectivity index (χ0n) is 6.43. The van der Waals surface area contributed by atoms with Gasteiger partial charge in [-0.05, 0) is 11.6 Å². The Labute approximate surface area is 69.4 Å². The van der Waals surface area contributed by atoms with Gasteiger partial charge in [0.1, 0.15) is 0 Å². The molecule has 0 aliphatic heterocycles. The van der Waals surface area contributed by atoms with E-state index in [9.17, 15) is 4.79 Å². The Bertz CT molecular complexity index is 240. The molecular weight excluding hydrogens is 160 g/mol. The van der Waals surface area contributed by atoms with E-state index in [4.69, 9.17) is 14.6 Å². The van der Waals surface area contributed by atoms with Crippen LogP contribution in [-0.4, -0.2) is 22.3 Å². The third-order valence-electron chi connectivity index (χ3n) is 1.46. The number of carbonyl (C=O) groups is 1. The van der Waals surface area contributed by atoms with E-state index >= 15 is 0 Å². The lowest BCUT2D eigenvalue weighted by atomic mass is 10.1. The van der Waals surface area contributed by atoms with Crippen molar-refractivity contribution in [3.63, 3.8) is 0 Å². The lowest BCUT2D eigenvalue weighted by Gasteiger charge is -2.04. The Kier molecular flexibility index (Phi) is 2.88.